The molecule has 26 heavy (non-hydrogen) atoms. The maximum absolute atomic E-state index is 12.8. The molecular weight excluding hydrogens is 373 g/mol. The highest BCUT2D eigenvalue weighted by atomic mass is 32.1. The number of hydrogen-bond acceptors (Lipinski definition) is 6. The standard InChI is InChI=1S/C16H15F3N2O4S/c1-25-15(24)12(22)7-20-13(23)6-11-8-26-14(21-11)9-3-2-4-10(5-9)16(17,18)19/h2-5,8,12,22H,6-7H2,1H3,(H,20,23)/t12-/m0/s1. The lowest BCUT2D eigenvalue weighted by Gasteiger charge is -2.09. The number of alkyl halides is 3. The summed E-state index contributed by atoms with van der Waals surface area (Å²) in [5, 5.41) is 13.6. The number of methoxy groups -OCH3 is 1. The first-order valence-electron chi connectivity index (χ1n) is 7.35. The first kappa shape index (κ1) is 19.9. The smallest absolute Gasteiger partial charge is 0.416 e. The Labute approximate surface area is 150 Å². The monoisotopic (exact) mass is 388 g/mol. The van der Waals surface area contributed by atoms with E-state index in [9.17, 15) is 27.9 Å². The number of aromatic nitrogens is 1. The summed E-state index contributed by atoms with van der Waals surface area (Å²) in [5.41, 5.74) is -0.105. The minimum Gasteiger partial charge on any atom is -0.467 e. The third kappa shape index (κ3) is 5.27. The maximum Gasteiger partial charge on any atom is 0.416 e. The summed E-state index contributed by atoms with van der Waals surface area (Å²) < 4.78 is 42.6. The number of halogens is 3. The summed E-state index contributed by atoms with van der Waals surface area (Å²) in [4.78, 5) is 27.0. The lowest BCUT2D eigenvalue weighted by molar-refractivity contribution is -0.150. The van der Waals surface area contributed by atoms with Gasteiger partial charge in [-0.3, -0.25) is 4.79 Å². The Bertz CT molecular complexity index is 792. The van der Waals surface area contributed by atoms with E-state index in [4.69, 9.17) is 0 Å². The fourth-order valence-corrected chi connectivity index (χ4v) is 2.82. The maximum atomic E-state index is 12.8. The molecule has 1 aromatic heterocycles. The Morgan fingerprint density at radius 3 is 2.77 bits per heavy atom. The molecule has 1 heterocycles. The molecule has 0 aliphatic rings. The van der Waals surface area contributed by atoms with E-state index in [0.717, 1.165) is 30.6 Å². The number of rotatable bonds is 6. The number of esters is 1. The van der Waals surface area contributed by atoms with Crippen molar-refractivity contribution in [3.8, 4) is 10.6 Å². The molecule has 0 spiro atoms. The van der Waals surface area contributed by atoms with Crippen LogP contribution < -0.4 is 5.32 Å². The van der Waals surface area contributed by atoms with Crippen LogP contribution in [0.25, 0.3) is 10.6 Å². The van der Waals surface area contributed by atoms with Crippen molar-refractivity contribution in [1.82, 2.24) is 10.3 Å². The number of nitrogens with zero attached hydrogens (tertiary/aromatic N) is 1. The molecule has 0 fully saturated rings. The lowest BCUT2D eigenvalue weighted by atomic mass is 10.1. The van der Waals surface area contributed by atoms with E-state index in [1.165, 1.54) is 12.1 Å². The molecule has 0 unspecified atom stereocenters. The summed E-state index contributed by atoms with van der Waals surface area (Å²) in [7, 11) is 1.11. The number of nitrogens with one attached hydrogen (secondary N) is 1. The highest BCUT2D eigenvalue weighted by Gasteiger charge is 2.30. The van der Waals surface area contributed by atoms with Crippen LogP contribution in [0.4, 0.5) is 13.2 Å². The van der Waals surface area contributed by atoms with Crippen molar-refractivity contribution in [2.75, 3.05) is 13.7 Å². The number of aliphatic hydroxyl groups excluding tert-OH is 1. The minimum absolute atomic E-state index is 0.136. The zero-order chi connectivity index (χ0) is 19.3. The molecule has 2 aromatic rings. The molecule has 1 atom stereocenters. The molecule has 0 radical (unpaired) electrons. The second-order valence-corrected chi connectivity index (χ2v) is 6.10. The molecule has 0 aliphatic heterocycles. The van der Waals surface area contributed by atoms with Crippen molar-refractivity contribution in [2.24, 2.45) is 0 Å². The summed E-state index contributed by atoms with van der Waals surface area (Å²) in [5.74, 6) is -1.36. The van der Waals surface area contributed by atoms with E-state index in [0.29, 0.717) is 16.3 Å². The Hall–Kier alpha value is -2.46. The fraction of sp³-hybridized carbons (Fsp3) is 0.312. The van der Waals surface area contributed by atoms with Crippen LogP contribution >= 0.6 is 11.3 Å². The van der Waals surface area contributed by atoms with Crippen molar-refractivity contribution < 1.29 is 32.6 Å². The summed E-state index contributed by atoms with van der Waals surface area (Å²) >= 11 is 1.11. The van der Waals surface area contributed by atoms with E-state index in [2.05, 4.69) is 15.0 Å². The fourth-order valence-electron chi connectivity index (χ4n) is 2.01. The Morgan fingerprint density at radius 1 is 1.38 bits per heavy atom. The molecule has 2 N–H and O–H groups in total. The van der Waals surface area contributed by atoms with Gasteiger partial charge in [-0.2, -0.15) is 13.2 Å². The third-order valence-corrected chi connectivity index (χ3v) is 4.24. The Kier molecular flexibility index (Phi) is 6.32. The number of thiazole rings is 1. The average molecular weight is 388 g/mol. The second kappa shape index (κ2) is 8.28. The molecule has 6 nitrogen and oxygen atoms in total. The van der Waals surface area contributed by atoms with Gasteiger partial charge in [0, 0.05) is 10.9 Å². The molecule has 0 saturated carbocycles. The first-order chi connectivity index (χ1) is 12.2. The van der Waals surface area contributed by atoms with Crippen molar-refractivity contribution in [2.45, 2.75) is 18.7 Å². The van der Waals surface area contributed by atoms with E-state index in [-0.39, 0.29) is 13.0 Å². The van der Waals surface area contributed by atoms with Gasteiger partial charge in [0.25, 0.3) is 0 Å². The van der Waals surface area contributed by atoms with Crippen LogP contribution in [-0.4, -0.2) is 41.7 Å². The summed E-state index contributed by atoms with van der Waals surface area (Å²) in [6, 6.07) is 4.76. The van der Waals surface area contributed by atoms with Gasteiger partial charge >= 0.3 is 12.1 Å². The van der Waals surface area contributed by atoms with Crippen molar-refractivity contribution in [3.05, 3.63) is 40.9 Å². The topological polar surface area (TPSA) is 88.5 Å². The molecular formula is C16H15F3N2O4S. The highest BCUT2D eigenvalue weighted by Crippen LogP contribution is 2.33. The van der Waals surface area contributed by atoms with E-state index < -0.39 is 29.7 Å². The molecule has 140 valence electrons. The SMILES string of the molecule is COC(=O)[C@@H](O)CNC(=O)Cc1csc(-c2cccc(C(F)(F)F)c2)n1. The predicted octanol–water partition coefficient (Wildman–Crippen LogP) is 2.02. The van der Waals surface area contributed by atoms with Crippen LogP contribution in [0, 0.1) is 0 Å². The first-order valence-corrected chi connectivity index (χ1v) is 8.23. The van der Waals surface area contributed by atoms with E-state index >= 15 is 0 Å². The van der Waals surface area contributed by atoms with E-state index in [1.807, 2.05) is 0 Å². The van der Waals surface area contributed by atoms with Gasteiger partial charge < -0.3 is 15.2 Å². The zero-order valence-corrected chi connectivity index (χ0v) is 14.4. The minimum atomic E-state index is -4.45. The van der Waals surface area contributed by atoms with Crippen molar-refractivity contribution in [3.63, 3.8) is 0 Å². The normalized spacial score (nSPS) is 12.5. The molecule has 2 rings (SSSR count). The molecule has 10 heteroatoms. The van der Waals surface area contributed by atoms with Gasteiger partial charge in [0.2, 0.25) is 5.91 Å². The summed E-state index contributed by atoms with van der Waals surface area (Å²) in [6.45, 7) is -0.309. The van der Waals surface area contributed by atoms with Crippen LogP contribution in [0.1, 0.15) is 11.3 Å². The number of aliphatic hydroxyl groups is 1. The van der Waals surface area contributed by atoms with E-state index in [1.54, 1.807) is 5.38 Å². The number of amides is 1. The van der Waals surface area contributed by atoms with Crippen molar-refractivity contribution >= 4 is 23.2 Å². The number of ether oxygens (including phenoxy) is 1. The third-order valence-electron chi connectivity index (χ3n) is 3.30. The molecule has 1 aromatic carbocycles. The molecule has 0 saturated heterocycles. The predicted molar refractivity (Wildman–Crippen MR) is 87.3 cm³/mol. The molecule has 0 aliphatic carbocycles. The van der Waals surface area contributed by atoms with Gasteiger partial charge in [-0.25, -0.2) is 9.78 Å². The number of hydrogen-bond donors (Lipinski definition) is 2. The quantitative estimate of drug-likeness (QED) is 0.740. The highest BCUT2D eigenvalue weighted by molar-refractivity contribution is 7.13. The summed E-state index contributed by atoms with van der Waals surface area (Å²) in [6.07, 6.45) is -6.06. The van der Waals surface area contributed by atoms with Crippen LogP contribution in [0.15, 0.2) is 29.6 Å². The van der Waals surface area contributed by atoms with Gasteiger partial charge in [-0.15, -0.1) is 11.3 Å². The average Bonchev–Trinajstić information content (AvgIpc) is 3.06. The van der Waals surface area contributed by atoms with Gasteiger partial charge in [-0.05, 0) is 12.1 Å². The van der Waals surface area contributed by atoms with Crippen molar-refractivity contribution in [1.29, 1.82) is 0 Å². The number of carbonyl (C=O) groups excluding carboxylic acids is 2. The number of carbonyl (C=O) groups is 2. The van der Waals surface area contributed by atoms with Crippen LogP contribution in [0.3, 0.4) is 0 Å². The van der Waals surface area contributed by atoms with Crippen LogP contribution in [0.2, 0.25) is 0 Å². The zero-order valence-electron chi connectivity index (χ0n) is 13.5. The van der Waals surface area contributed by atoms with Gasteiger partial charge in [0.1, 0.15) is 5.01 Å². The largest absolute Gasteiger partial charge is 0.467 e. The Balaban J connectivity index is 2.00. The van der Waals surface area contributed by atoms with Gasteiger partial charge in [0.05, 0.1) is 31.3 Å². The Morgan fingerprint density at radius 2 is 2.12 bits per heavy atom. The second-order valence-electron chi connectivity index (χ2n) is 5.24. The van der Waals surface area contributed by atoms with Crippen LogP contribution in [0.5, 0.6) is 0 Å². The van der Waals surface area contributed by atoms with Gasteiger partial charge in [0.15, 0.2) is 6.10 Å². The van der Waals surface area contributed by atoms with Gasteiger partial charge in [-0.1, -0.05) is 12.1 Å². The van der Waals surface area contributed by atoms with Crippen LogP contribution in [-0.2, 0) is 26.9 Å². The number of benzene rings is 1. The lowest BCUT2D eigenvalue weighted by Crippen LogP contribution is -2.37. The molecule has 1 amide bonds. The molecule has 0 bridgehead atoms.